The molecule has 98 valence electrons. The minimum atomic E-state index is -0.302. The molecule has 0 atom stereocenters. The number of halogens is 1. The highest BCUT2D eigenvalue weighted by Crippen LogP contribution is 2.27. The maximum atomic E-state index is 12.0. The largest absolute Gasteiger partial charge is 0.506 e. The number of carbonyl (C=O) groups is 1. The van der Waals surface area contributed by atoms with Gasteiger partial charge in [-0.1, -0.05) is 22.9 Å². The third-order valence-corrected chi connectivity index (χ3v) is 3.15. The molecular formula is C14H13BrN2O2. The van der Waals surface area contributed by atoms with E-state index in [1.165, 1.54) is 12.3 Å². The fourth-order valence-corrected chi connectivity index (χ4v) is 1.93. The van der Waals surface area contributed by atoms with Gasteiger partial charge < -0.3 is 10.4 Å². The third kappa shape index (κ3) is 3.32. The fraction of sp³-hybridized carbons (Fsp3) is 0.143. The van der Waals surface area contributed by atoms with Crippen LogP contribution in [0.15, 0.2) is 41.0 Å². The van der Waals surface area contributed by atoms with Crippen molar-refractivity contribution in [1.82, 2.24) is 4.98 Å². The molecule has 5 heteroatoms. The Kier molecular flexibility index (Phi) is 4.16. The standard InChI is InChI=1S/C14H13BrN2O2/c1-2-11-5-3-9(8-16-11)14(19)17-12-7-10(15)4-6-13(12)18/h3-8,18H,2H2,1H3,(H,17,19). The number of nitrogens with one attached hydrogen (secondary N) is 1. The lowest BCUT2D eigenvalue weighted by molar-refractivity contribution is 0.102. The van der Waals surface area contributed by atoms with E-state index in [9.17, 15) is 9.90 Å². The molecule has 0 bridgehead atoms. The second kappa shape index (κ2) is 5.84. The highest BCUT2D eigenvalue weighted by Gasteiger charge is 2.09. The van der Waals surface area contributed by atoms with Gasteiger partial charge in [0.25, 0.3) is 5.91 Å². The molecular weight excluding hydrogens is 308 g/mol. The fourth-order valence-electron chi connectivity index (χ4n) is 1.57. The molecule has 1 aromatic carbocycles. The van der Waals surface area contributed by atoms with Gasteiger partial charge >= 0.3 is 0 Å². The number of rotatable bonds is 3. The van der Waals surface area contributed by atoms with Gasteiger partial charge in [0.05, 0.1) is 11.3 Å². The molecule has 2 rings (SSSR count). The van der Waals surface area contributed by atoms with Crippen molar-refractivity contribution >= 4 is 27.5 Å². The minimum absolute atomic E-state index is 0.0229. The maximum Gasteiger partial charge on any atom is 0.257 e. The topological polar surface area (TPSA) is 62.2 Å². The zero-order chi connectivity index (χ0) is 13.8. The first kappa shape index (κ1) is 13.5. The van der Waals surface area contributed by atoms with Gasteiger partial charge in [0.15, 0.2) is 0 Å². The van der Waals surface area contributed by atoms with E-state index >= 15 is 0 Å². The molecule has 1 amide bonds. The molecule has 19 heavy (non-hydrogen) atoms. The van der Waals surface area contributed by atoms with Gasteiger partial charge in [-0.25, -0.2) is 0 Å². The molecule has 0 fully saturated rings. The molecule has 2 aromatic rings. The Balaban J connectivity index is 2.18. The average molecular weight is 321 g/mol. The second-order valence-electron chi connectivity index (χ2n) is 4.01. The third-order valence-electron chi connectivity index (χ3n) is 2.66. The van der Waals surface area contributed by atoms with Crippen molar-refractivity contribution in [3.63, 3.8) is 0 Å². The summed E-state index contributed by atoms with van der Waals surface area (Å²) in [6.07, 6.45) is 2.36. The van der Waals surface area contributed by atoms with E-state index < -0.39 is 0 Å². The molecule has 0 radical (unpaired) electrons. The zero-order valence-electron chi connectivity index (χ0n) is 10.4. The number of aromatic hydroxyl groups is 1. The minimum Gasteiger partial charge on any atom is -0.506 e. The summed E-state index contributed by atoms with van der Waals surface area (Å²) in [4.78, 5) is 16.2. The van der Waals surface area contributed by atoms with Crippen molar-refractivity contribution in [2.24, 2.45) is 0 Å². The van der Waals surface area contributed by atoms with Crippen LogP contribution in [0.1, 0.15) is 23.0 Å². The van der Waals surface area contributed by atoms with Crippen molar-refractivity contribution in [2.75, 3.05) is 5.32 Å². The van der Waals surface area contributed by atoms with Crippen LogP contribution in [0.5, 0.6) is 5.75 Å². The van der Waals surface area contributed by atoms with Crippen LogP contribution in [0, 0.1) is 0 Å². The van der Waals surface area contributed by atoms with E-state index in [4.69, 9.17) is 0 Å². The summed E-state index contributed by atoms with van der Waals surface area (Å²) in [5, 5.41) is 12.3. The predicted molar refractivity (Wildman–Crippen MR) is 77.4 cm³/mol. The van der Waals surface area contributed by atoms with Gasteiger partial charge in [-0.2, -0.15) is 0 Å². The number of pyridine rings is 1. The van der Waals surface area contributed by atoms with Crippen LogP contribution in [-0.4, -0.2) is 16.0 Å². The van der Waals surface area contributed by atoms with Crippen molar-refractivity contribution in [2.45, 2.75) is 13.3 Å². The first-order valence-electron chi connectivity index (χ1n) is 5.85. The van der Waals surface area contributed by atoms with E-state index in [1.54, 1.807) is 18.2 Å². The molecule has 2 N–H and O–H groups in total. The van der Waals surface area contributed by atoms with Crippen molar-refractivity contribution < 1.29 is 9.90 Å². The van der Waals surface area contributed by atoms with Crippen LogP contribution in [0.3, 0.4) is 0 Å². The van der Waals surface area contributed by atoms with E-state index in [0.29, 0.717) is 11.3 Å². The Morgan fingerprint density at radius 3 is 2.79 bits per heavy atom. The molecule has 0 unspecified atom stereocenters. The first-order valence-corrected chi connectivity index (χ1v) is 6.64. The van der Waals surface area contributed by atoms with Crippen LogP contribution in [0.25, 0.3) is 0 Å². The number of carbonyl (C=O) groups excluding carboxylic acids is 1. The highest BCUT2D eigenvalue weighted by atomic mass is 79.9. The number of nitrogens with zero attached hydrogens (tertiary/aromatic N) is 1. The number of aryl methyl sites for hydroxylation is 1. The SMILES string of the molecule is CCc1ccc(C(=O)Nc2cc(Br)ccc2O)cn1. The summed E-state index contributed by atoms with van der Waals surface area (Å²) in [5.41, 5.74) is 1.75. The number of anilines is 1. The summed E-state index contributed by atoms with van der Waals surface area (Å²) >= 11 is 3.29. The molecule has 0 aliphatic rings. The van der Waals surface area contributed by atoms with E-state index in [2.05, 4.69) is 26.2 Å². The van der Waals surface area contributed by atoms with Gasteiger partial charge in [-0.15, -0.1) is 0 Å². The summed E-state index contributed by atoms with van der Waals surface area (Å²) in [7, 11) is 0. The van der Waals surface area contributed by atoms with E-state index in [-0.39, 0.29) is 11.7 Å². The van der Waals surface area contributed by atoms with Crippen LogP contribution in [0.4, 0.5) is 5.69 Å². The number of amides is 1. The summed E-state index contributed by atoms with van der Waals surface area (Å²) in [5.74, 6) is -0.279. The normalized spacial score (nSPS) is 10.2. The Hall–Kier alpha value is -1.88. The second-order valence-corrected chi connectivity index (χ2v) is 4.92. The molecule has 4 nitrogen and oxygen atoms in total. The highest BCUT2D eigenvalue weighted by molar-refractivity contribution is 9.10. The van der Waals surface area contributed by atoms with Gasteiger partial charge in [-0.3, -0.25) is 9.78 Å². The maximum absolute atomic E-state index is 12.0. The van der Waals surface area contributed by atoms with Gasteiger partial charge in [0, 0.05) is 16.4 Å². The van der Waals surface area contributed by atoms with Crippen molar-refractivity contribution in [3.05, 3.63) is 52.3 Å². The monoisotopic (exact) mass is 320 g/mol. The molecule has 0 aliphatic heterocycles. The predicted octanol–water partition coefficient (Wildman–Crippen LogP) is 3.36. The van der Waals surface area contributed by atoms with Gasteiger partial charge in [0.1, 0.15) is 5.75 Å². The number of hydrogen-bond donors (Lipinski definition) is 2. The number of hydrogen-bond acceptors (Lipinski definition) is 3. The lowest BCUT2D eigenvalue weighted by Crippen LogP contribution is -2.12. The lowest BCUT2D eigenvalue weighted by Gasteiger charge is -2.08. The first-order chi connectivity index (χ1) is 9.10. The van der Waals surface area contributed by atoms with Crippen molar-refractivity contribution in [3.8, 4) is 5.75 Å². The molecule has 0 spiro atoms. The van der Waals surface area contributed by atoms with Crippen LogP contribution >= 0.6 is 15.9 Å². The summed E-state index contributed by atoms with van der Waals surface area (Å²) in [6.45, 7) is 2.00. The Bertz CT molecular complexity index is 597. The molecule has 1 aromatic heterocycles. The molecule has 1 heterocycles. The number of phenols is 1. The van der Waals surface area contributed by atoms with Crippen LogP contribution in [0.2, 0.25) is 0 Å². The summed E-state index contributed by atoms with van der Waals surface area (Å²) < 4.78 is 0.778. The Morgan fingerprint density at radius 1 is 1.37 bits per heavy atom. The number of benzene rings is 1. The lowest BCUT2D eigenvalue weighted by atomic mass is 10.2. The number of aromatic nitrogens is 1. The smallest absolute Gasteiger partial charge is 0.257 e. The molecule has 0 aliphatic carbocycles. The zero-order valence-corrected chi connectivity index (χ0v) is 11.9. The summed E-state index contributed by atoms with van der Waals surface area (Å²) in [6, 6.07) is 8.38. The molecule has 0 saturated carbocycles. The average Bonchev–Trinajstić information content (AvgIpc) is 2.43. The quantitative estimate of drug-likeness (QED) is 0.852. The van der Waals surface area contributed by atoms with Crippen LogP contribution in [-0.2, 0) is 6.42 Å². The number of phenolic OH excluding ortho intramolecular Hbond substituents is 1. The molecule has 0 saturated heterocycles. The van der Waals surface area contributed by atoms with Gasteiger partial charge in [-0.05, 0) is 36.8 Å². The van der Waals surface area contributed by atoms with Crippen LogP contribution < -0.4 is 5.32 Å². The van der Waals surface area contributed by atoms with Gasteiger partial charge in [0.2, 0.25) is 0 Å². The Labute approximate surface area is 119 Å². The van der Waals surface area contributed by atoms with Crippen molar-refractivity contribution in [1.29, 1.82) is 0 Å². The van der Waals surface area contributed by atoms with E-state index in [1.807, 2.05) is 13.0 Å². The van der Waals surface area contributed by atoms with E-state index in [0.717, 1.165) is 16.6 Å². The Morgan fingerprint density at radius 2 is 2.16 bits per heavy atom.